The van der Waals surface area contributed by atoms with Gasteiger partial charge in [0.15, 0.2) is 5.15 Å². The summed E-state index contributed by atoms with van der Waals surface area (Å²) in [5.74, 6) is 1.78. The molecule has 2 rings (SSSR count). The van der Waals surface area contributed by atoms with E-state index in [1.54, 1.807) is 39.9 Å². The van der Waals surface area contributed by atoms with E-state index in [9.17, 15) is 4.79 Å². The molecule has 1 amide bonds. The van der Waals surface area contributed by atoms with Crippen LogP contribution in [-0.2, 0) is 4.79 Å². The maximum absolute atomic E-state index is 12.5. The molecule has 0 fully saturated rings. The number of anilines is 1. The fraction of sp³-hybridized carbons (Fsp3) is 0.471. The predicted octanol–water partition coefficient (Wildman–Crippen LogP) is 4.41. The van der Waals surface area contributed by atoms with Crippen LogP contribution in [0.3, 0.4) is 0 Å². The summed E-state index contributed by atoms with van der Waals surface area (Å²) in [6.45, 7) is 4.45. The third-order valence-electron chi connectivity index (χ3n) is 3.59. The molecule has 0 aliphatic rings. The molecule has 0 aliphatic carbocycles. The molecule has 136 valence electrons. The van der Waals surface area contributed by atoms with Crippen molar-refractivity contribution in [3.8, 4) is 5.69 Å². The van der Waals surface area contributed by atoms with Crippen LogP contribution in [0.2, 0.25) is 5.15 Å². The molecule has 1 unspecified atom stereocenters. The summed E-state index contributed by atoms with van der Waals surface area (Å²) < 4.78 is 1.64. The Bertz CT molecular complexity index is 679. The predicted molar refractivity (Wildman–Crippen MR) is 106 cm³/mol. The van der Waals surface area contributed by atoms with Crippen LogP contribution in [0.5, 0.6) is 0 Å². The molecule has 1 atom stereocenters. The number of halogens is 2. The fourth-order valence-electron chi connectivity index (χ4n) is 2.27. The molecule has 8 heteroatoms. The number of hydrogen-bond acceptors (Lipinski definition) is 4. The van der Waals surface area contributed by atoms with Crippen molar-refractivity contribution in [2.24, 2.45) is 0 Å². The number of hydrogen-bond donors (Lipinski definition) is 0. The third-order valence-corrected chi connectivity index (χ3v) is 5.09. The molecule has 2 aromatic heterocycles. The lowest BCUT2D eigenvalue weighted by molar-refractivity contribution is -0.118. The number of pyridine rings is 1. The van der Waals surface area contributed by atoms with Crippen molar-refractivity contribution in [1.82, 2.24) is 14.8 Å². The van der Waals surface area contributed by atoms with Crippen molar-refractivity contribution in [1.29, 1.82) is 0 Å². The average Bonchev–Trinajstić information content (AvgIpc) is 2.97. The second-order valence-electron chi connectivity index (χ2n) is 5.53. The highest BCUT2D eigenvalue weighted by molar-refractivity contribution is 7.99. The zero-order valence-corrected chi connectivity index (χ0v) is 16.7. The van der Waals surface area contributed by atoms with Crippen molar-refractivity contribution < 1.29 is 4.79 Å². The van der Waals surface area contributed by atoms with Gasteiger partial charge in [-0.2, -0.15) is 16.9 Å². The second kappa shape index (κ2) is 10.0. The molecule has 0 bridgehead atoms. The quantitative estimate of drug-likeness (QED) is 0.461. The molecular weight excluding hydrogens is 379 g/mol. The Balaban J connectivity index is 2.00. The van der Waals surface area contributed by atoms with Gasteiger partial charge in [0.25, 0.3) is 0 Å². The van der Waals surface area contributed by atoms with Crippen molar-refractivity contribution in [2.45, 2.75) is 32.1 Å². The van der Waals surface area contributed by atoms with Crippen molar-refractivity contribution in [3.63, 3.8) is 0 Å². The maximum atomic E-state index is 12.5. The summed E-state index contributed by atoms with van der Waals surface area (Å²) in [6.07, 6.45) is 6.56. The average molecular weight is 401 g/mol. The Morgan fingerprint density at radius 3 is 2.88 bits per heavy atom. The summed E-state index contributed by atoms with van der Waals surface area (Å²) >= 11 is 13.9. The number of carbonyl (C=O) groups excluding carboxylic acids is 1. The smallest absolute Gasteiger partial charge is 0.227 e. The third kappa shape index (κ3) is 5.90. The topological polar surface area (TPSA) is 51.0 Å². The lowest BCUT2D eigenvalue weighted by atomic mass is 10.3. The minimum atomic E-state index is 0.0431. The minimum absolute atomic E-state index is 0.0431. The van der Waals surface area contributed by atoms with E-state index in [2.05, 4.69) is 10.1 Å². The van der Waals surface area contributed by atoms with Crippen LogP contribution in [0, 0.1) is 0 Å². The van der Waals surface area contributed by atoms with Crippen LogP contribution in [-0.4, -0.2) is 44.1 Å². The van der Waals surface area contributed by atoms with Gasteiger partial charge in [0.2, 0.25) is 5.91 Å². The molecule has 2 aromatic rings. The van der Waals surface area contributed by atoms with E-state index in [1.807, 2.05) is 26.0 Å². The highest BCUT2D eigenvalue weighted by Crippen LogP contribution is 2.26. The van der Waals surface area contributed by atoms with Gasteiger partial charge in [-0.3, -0.25) is 9.78 Å². The SMILES string of the molecule is CCN(C(=O)CCSCCC(C)Cl)c1cn(-c2cccnc2)nc1Cl. The van der Waals surface area contributed by atoms with Gasteiger partial charge in [-0.1, -0.05) is 11.6 Å². The van der Waals surface area contributed by atoms with Gasteiger partial charge in [-0.05, 0) is 38.2 Å². The molecule has 0 N–H and O–H groups in total. The zero-order chi connectivity index (χ0) is 18.2. The standard InChI is InChI=1S/C17H22Cl2N4OS/c1-3-22(16(24)7-10-25-9-6-13(2)18)15-12-23(21-17(15)19)14-5-4-8-20-11-14/h4-5,8,11-13H,3,6-7,9-10H2,1-2H3. The molecule has 5 nitrogen and oxygen atoms in total. The van der Waals surface area contributed by atoms with E-state index in [4.69, 9.17) is 23.2 Å². The van der Waals surface area contributed by atoms with Gasteiger partial charge in [-0.25, -0.2) is 4.68 Å². The first-order valence-electron chi connectivity index (χ1n) is 8.20. The molecule has 2 heterocycles. The van der Waals surface area contributed by atoms with Gasteiger partial charge in [0, 0.05) is 30.3 Å². The first-order chi connectivity index (χ1) is 12.0. The Labute approximate surface area is 162 Å². The summed E-state index contributed by atoms with van der Waals surface area (Å²) in [5.41, 5.74) is 1.42. The van der Waals surface area contributed by atoms with Gasteiger partial charge in [0.05, 0.1) is 18.1 Å². The number of alkyl halides is 1. The number of nitrogens with zero attached hydrogens (tertiary/aromatic N) is 4. The van der Waals surface area contributed by atoms with Crippen molar-refractivity contribution in [2.75, 3.05) is 23.0 Å². The summed E-state index contributed by atoms with van der Waals surface area (Å²) in [7, 11) is 0. The van der Waals surface area contributed by atoms with E-state index in [0.29, 0.717) is 23.8 Å². The number of aromatic nitrogens is 3. The molecule has 0 aromatic carbocycles. The first kappa shape index (κ1) is 20.1. The molecule has 0 radical (unpaired) electrons. The summed E-state index contributed by atoms with van der Waals surface area (Å²) in [4.78, 5) is 18.3. The molecule has 0 aliphatic heterocycles. The van der Waals surface area contributed by atoms with Crippen LogP contribution in [0.25, 0.3) is 5.69 Å². The van der Waals surface area contributed by atoms with Crippen molar-refractivity contribution >= 4 is 46.6 Å². The summed E-state index contributed by atoms with van der Waals surface area (Å²) in [6, 6.07) is 3.71. The van der Waals surface area contributed by atoms with Crippen LogP contribution in [0.1, 0.15) is 26.7 Å². The molecule has 0 saturated heterocycles. The maximum Gasteiger partial charge on any atom is 0.227 e. The molecular formula is C17H22Cl2N4OS. The zero-order valence-electron chi connectivity index (χ0n) is 14.4. The Morgan fingerprint density at radius 2 is 2.24 bits per heavy atom. The van der Waals surface area contributed by atoms with Crippen LogP contribution < -0.4 is 4.90 Å². The van der Waals surface area contributed by atoms with Crippen LogP contribution in [0.15, 0.2) is 30.7 Å². The van der Waals surface area contributed by atoms with Crippen molar-refractivity contribution in [3.05, 3.63) is 35.9 Å². The number of thioether (sulfide) groups is 1. The normalized spacial score (nSPS) is 12.2. The minimum Gasteiger partial charge on any atom is -0.308 e. The van der Waals surface area contributed by atoms with Gasteiger partial charge in [0.1, 0.15) is 5.69 Å². The molecule has 25 heavy (non-hydrogen) atoms. The van der Waals surface area contributed by atoms with Crippen LogP contribution >= 0.6 is 35.0 Å². The highest BCUT2D eigenvalue weighted by Gasteiger charge is 2.20. The number of rotatable bonds is 9. The monoisotopic (exact) mass is 400 g/mol. The van der Waals surface area contributed by atoms with Gasteiger partial charge < -0.3 is 4.90 Å². The van der Waals surface area contributed by atoms with Gasteiger partial charge in [-0.15, -0.1) is 11.6 Å². The lowest BCUT2D eigenvalue weighted by Gasteiger charge is -2.19. The fourth-order valence-corrected chi connectivity index (χ4v) is 3.78. The molecule has 0 saturated carbocycles. The van der Waals surface area contributed by atoms with E-state index in [1.165, 1.54) is 0 Å². The van der Waals surface area contributed by atoms with Crippen LogP contribution in [0.4, 0.5) is 5.69 Å². The summed E-state index contributed by atoms with van der Waals surface area (Å²) in [5, 5.41) is 4.77. The second-order valence-corrected chi connectivity index (χ2v) is 7.86. The Morgan fingerprint density at radius 1 is 1.44 bits per heavy atom. The number of carbonyl (C=O) groups is 1. The van der Waals surface area contributed by atoms with E-state index < -0.39 is 0 Å². The highest BCUT2D eigenvalue weighted by atomic mass is 35.5. The lowest BCUT2D eigenvalue weighted by Crippen LogP contribution is -2.30. The van der Waals surface area contributed by atoms with E-state index in [-0.39, 0.29) is 11.3 Å². The largest absolute Gasteiger partial charge is 0.308 e. The molecule has 0 spiro atoms. The number of amides is 1. The Kier molecular flexibility index (Phi) is 8.06. The first-order valence-corrected chi connectivity index (χ1v) is 10.2. The van der Waals surface area contributed by atoms with Gasteiger partial charge >= 0.3 is 0 Å². The Hall–Kier alpha value is -1.24. The van der Waals surface area contributed by atoms with E-state index >= 15 is 0 Å². The van der Waals surface area contributed by atoms with E-state index in [0.717, 1.165) is 23.6 Å².